The van der Waals surface area contributed by atoms with Crippen LogP contribution in [0.1, 0.15) is 5.56 Å². The van der Waals surface area contributed by atoms with Gasteiger partial charge in [-0.05, 0) is 48.0 Å². The minimum Gasteiger partial charge on any atom is -0.502 e. The van der Waals surface area contributed by atoms with Gasteiger partial charge in [-0.15, -0.1) is 0 Å². The number of nitrogens with zero attached hydrogens (tertiary/aromatic N) is 1. The number of nitriles is 1. The van der Waals surface area contributed by atoms with Crippen molar-refractivity contribution in [1.29, 1.82) is 5.26 Å². The minimum atomic E-state index is -4.13. The number of benzene rings is 2. The maximum absolute atomic E-state index is 13.0. The third-order valence-corrected chi connectivity index (χ3v) is 5.00. The zero-order chi connectivity index (χ0) is 18.6. The highest BCUT2D eigenvalue weighted by Crippen LogP contribution is 2.38. The number of hydrogen-bond donors (Lipinski definition) is 1. The molecule has 0 aliphatic heterocycles. The molecule has 0 aliphatic carbocycles. The van der Waals surface area contributed by atoms with E-state index in [1.54, 1.807) is 6.07 Å². The second kappa shape index (κ2) is 7.23. The molecule has 25 heavy (non-hydrogen) atoms. The largest absolute Gasteiger partial charge is 0.502 e. The maximum atomic E-state index is 13.0. The summed E-state index contributed by atoms with van der Waals surface area (Å²) in [5.41, 5.74) is 0.272. The molecule has 0 fully saturated rings. The summed E-state index contributed by atoms with van der Waals surface area (Å²) in [5, 5.41) is 19.1. The van der Waals surface area contributed by atoms with E-state index in [1.165, 1.54) is 26.4 Å². The molecular formula is C17H14FNO5S. The van der Waals surface area contributed by atoms with Gasteiger partial charge in [-0.2, -0.15) is 5.26 Å². The second-order valence-corrected chi connectivity index (χ2v) is 6.77. The number of sulfone groups is 1. The quantitative estimate of drug-likeness (QED) is 0.648. The molecule has 0 heterocycles. The summed E-state index contributed by atoms with van der Waals surface area (Å²) in [6.07, 6.45) is 1.11. The van der Waals surface area contributed by atoms with Crippen molar-refractivity contribution in [2.75, 3.05) is 14.2 Å². The van der Waals surface area contributed by atoms with Gasteiger partial charge >= 0.3 is 0 Å². The highest BCUT2D eigenvalue weighted by molar-refractivity contribution is 7.95. The smallest absolute Gasteiger partial charge is 0.216 e. The lowest BCUT2D eigenvalue weighted by Gasteiger charge is -2.10. The molecule has 0 spiro atoms. The predicted octanol–water partition coefficient (Wildman–Crippen LogP) is 2.89. The van der Waals surface area contributed by atoms with Crippen molar-refractivity contribution >= 4 is 15.9 Å². The monoisotopic (exact) mass is 363 g/mol. The first-order chi connectivity index (χ1) is 11.8. The Balaban J connectivity index is 2.58. The van der Waals surface area contributed by atoms with Crippen LogP contribution in [0.4, 0.5) is 4.39 Å². The van der Waals surface area contributed by atoms with Crippen LogP contribution >= 0.6 is 0 Å². The van der Waals surface area contributed by atoms with Crippen molar-refractivity contribution < 1.29 is 27.4 Å². The maximum Gasteiger partial charge on any atom is 0.216 e. The molecule has 0 atom stereocenters. The molecule has 0 unspecified atom stereocenters. The van der Waals surface area contributed by atoms with Gasteiger partial charge in [0.2, 0.25) is 15.6 Å². The second-order valence-electron chi connectivity index (χ2n) is 4.85. The van der Waals surface area contributed by atoms with Crippen LogP contribution in [-0.4, -0.2) is 27.7 Å². The fraction of sp³-hybridized carbons (Fsp3) is 0.118. The average molecular weight is 363 g/mol. The third-order valence-electron chi connectivity index (χ3n) is 3.32. The van der Waals surface area contributed by atoms with Crippen molar-refractivity contribution in [3.63, 3.8) is 0 Å². The Morgan fingerprint density at radius 2 is 1.68 bits per heavy atom. The van der Waals surface area contributed by atoms with Crippen LogP contribution in [0.25, 0.3) is 6.08 Å². The Hall–Kier alpha value is -3.05. The number of aromatic hydroxyl groups is 1. The Labute approximate surface area is 144 Å². The first-order valence-corrected chi connectivity index (χ1v) is 8.39. The molecule has 0 aromatic heterocycles. The number of allylic oxidation sites excluding steroid dienone is 1. The van der Waals surface area contributed by atoms with E-state index in [2.05, 4.69) is 0 Å². The van der Waals surface area contributed by atoms with Crippen LogP contribution in [0, 0.1) is 17.1 Å². The number of methoxy groups -OCH3 is 2. The van der Waals surface area contributed by atoms with Gasteiger partial charge in [0.25, 0.3) is 0 Å². The zero-order valence-electron chi connectivity index (χ0n) is 13.4. The molecule has 0 amide bonds. The van der Waals surface area contributed by atoms with Gasteiger partial charge in [0.1, 0.15) is 16.8 Å². The van der Waals surface area contributed by atoms with Gasteiger partial charge < -0.3 is 14.6 Å². The first-order valence-electron chi connectivity index (χ1n) is 6.91. The Kier molecular flexibility index (Phi) is 5.29. The molecule has 1 N–H and O–H groups in total. The summed E-state index contributed by atoms with van der Waals surface area (Å²) in [6, 6.07) is 8.49. The first kappa shape index (κ1) is 18.3. The van der Waals surface area contributed by atoms with E-state index in [0.717, 1.165) is 30.3 Å². The zero-order valence-corrected chi connectivity index (χ0v) is 14.2. The van der Waals surface area contributed by atoms with Crippen LogP contribution in [-0.2, 0) is 9.84 Å². The van der Waals surface area contributed by atoms with E-state index in [4.69, 9.17) is 9.47 Å². The van der Waals surface area contributed by atoms with Gasteiger partial charge in [-0.25, -0.2) is 12.8 Å². The van der Waals surface area contributed by atoms with Crippen molar-refractivity contribution in [2.24, 2.45) is 0 Å². The van der Waals surface area contributed by atoms with E-state index >= 15 is 0 Å². The molecule has 6 nitrogen and oxygen atoms in total. The molecule has 0 radical (unpaired) electrons. The number of hydrogen-bond acceptors (Lipinski definition) is 6. The van der Waals surface area contributed by atoms with Crippen LogP contribution in [0.2, 0.25) is 0 Å². The lowest BCUT2D eigenvalue weighted by molar-refractivity contribution is 0.340. The number of phenolic OH excluding ortho intramolecular Hbond substituents is 1. The summed E-state index contributed by atoms with van der Waals surface area (Å²) in [5.74, 6) is -0.722. The number of phenols is 1. The Bertz CT molecular complexity index is 935. The molecule has 0 saturated heterocycles. The van der Waals surface area contributed by atoms with Crippen molar-refractivity contribution in [3.05, 3.63) is 52.7 Å². The lowest BCUT2D eigenvalue weighted by Crippen LogP contribution is -2.03. The predicted molar refractivity (Wildman–Crippen MR) is 88.4 cm³/mol. The molecule has 130 valence electrons. The van der Waals surface area contributed by atoms with Crippen LogP contribution < -0.4 is 9.47 Å². The molecule has 8 heteroatoms. The Morgan fingerprint density at radius 1 is 1.16 bits per heavy atom. The van der Waals surface area contributed by atoms with E-state index in [0.29, 0.717) is 0 Å². The summed E-state index contributed by atoms with van der Waals surface area (Å²) >= 11 is 0. The van der Waals surface area contributed by atoms with E-state index in [-0.39, 0.29) is 27.7 Å². The van der Waals surface area contributed by atoms with Gasteiger partial charge in [0, 0.05) is 0 Å². The molecule has 0 aliphatic rings. The summed E-state index contributed by atoms with van der Waals surface area (Å²) < 4.78 is 48.0. The topological polar surface area (TPSA) is 96.6 Å². The molecular weight excluding hydrogens is 349 g/mol. The molecule has 2 aromatic carbocycles. The van der Waals surface area contributed by atoms with Crippen LogP contribution in [0.3, 0.4) is 0 Å². The van der Waals surface area contributed by atoms with Gasteiger partial charge in [-0.3, -0.25) is 0 Å². The summed E-state index contributed by atoms with van der Waals surface area (Å²) in [4.78, 5) is -0.756. The van der Waals surface area contributed by atoms with E-state index < -0.39 is 20.6 Å². The highest BCUT2D eigenvalue weighted by Gasteiger charge is 2.21. The Morgan fingerprint density at radius 3 is 2.12 bits per heavy atom. The van der Waals surface area contributed by atoms with E-state index in [9.17, 15) is 23.2 Å². The number of rotatable bonds is 5. The van der Waals surface area contributed by atoms with Crippen LogP contribution in [0.5, 0.6) is 17.2 Å². The van der Waals surface area contributed by atoms with E-state index in [1.807, 2.05) is 0 Å². The van der Waals surface area contributed by atoms with Crippen molar-refractivity contribution in [2.45, 2.75) is 4.90 Å². The van der Waals surface area contributed by atoms with Crippen molar-refractivity contribution in [1.82, 2.24) is 0 Å². The standard InChI is InChI=1S/C17H14FNO5S/c1-23-15-8-11(9-16(24-2)17(15)20)7-14(10-19)25(21,22)13-5-3-12(18)4-6-13/h3-9,20H,1-2H3/b14-7+. The van der Waals surface area contributed by atoms with Gasteiger partial charge in [0.05, 0.1) is 19.1 Å². The van der Waals surface area contributed by atoms with Gasteiger partial charge in [-0.1, -0.05) is 0 Å². The summed E-state index contributed by atoms with van der Waals surface area (Å²) in [7, 11) is -1.48. The fourth-order valence-electron chi connectivity index (χ4n) is 2.06. The van der Waals surface area contributed by atoms with Crippen LogP contribution in [0.15, 0.2) is 46.2 Å². The molecule has 2 aromatic rings. The average Bonchev–Trinajstić information content (AvgIpc) is 2.60. The fourth-order valence-corrected chi connectivity index (χ4v) is 3.22. The minimum absolute atomic E-state index is 0.0575. The number of ether oxygens (including phenoxy) is 2. The highest BCUT2D eigenvalue weighted by atomic mass is 32.2. The SMILES string of the molecule is COc1cc(/C=C(\C#N)S(=O)(=O)c2ccc(F)cc2)cc(OC)c1O. The van der Waals surface area contributed by atoms with Crippen molar-refractivity contribution in [3.8, 4) is 23.3 Å². The third kappa shape index (κ3) is 3.72. The molecule has 0 bridgehead atoms. The number of halogens is 1. The molecule has 2 rings (SSSR count). The summed E-state index contributed by atoms with van der Waals surface area (Å²) in [6.45, 7) is 0. The molecule has 0 saturated carbocycles. The normalized spacial score (nSPS) is 11.7. The lowest BCUT2D eigenvalue weighted by atomic mass is 10.1. The van der Waals surface area contributed by atoms with Gasteiger partial charge in [0.15, 0.2) is 11.5 Å².